The van der Waals surface area contributed by atoms with Crippen LogP contribution >= 0.6 is 23.2 Å². The normalized spacial score (nSPS) is 18.1. The number of benzene rings is 2. The molecule has 0 bridgehead atoms. The highest BCUT2D eigenvalue weighted by Gasteiger charge is 2.35. The van der Waals surface area contributed by atoms with Gasteiger partial charge in [0.2, 0.25) is 0 Å². The molecule has 2 aromatic carbocycles. The van der Waals surface area contributed by atoms with Crippen molar-refractivity contribution in [3.63, 3.8) is 0 Å². The van der Waals surface area contributed by atoms with Gasteiger partial charge in [-0.15, -0.1) is 0 Å². The molecule has 5 nitrogen and oxygen atoms in total. The van der Waals surface area contributed by atoms with Crippen LogP contribution in [-0.2, 0) is 16.4 Å². The van der Waals surface area contributed by atoms with Crippen molar-refractivity contribution in [3.05, 3.63) is 63.6 Å². The van der Waals surface area contributed by atoms with Gasteiger partial charge in [0.15, 0.2) is 9.84 Å². The van der Waals surface area contributed by atoms with Crippen molar-refractivity contribution >= 4 is 44.6 Å². The van der Waals surface area contributed by atoms with E-state index in [9.17, 15) is 13.2 Å². The highest BCUT2D eigenvalue weighted by atomic mass is 35.5. The highest BCUT2D eigenvalue weighted by Crippen LogP contribution is 2.27. The molecule has 0 saturated carbocycles. The van der Waals surface area contributed by atoms with E-state index in [0.29, 0.717) is 23.6 Å². The number of carbonyl (C=O) groups is 1. The molecule has 28 heavy (non-hydrogen) atoms. The number of carbonyl (C=O) groups excluding carboxylic acids is 1. The summed E-state index contributed by atoms with van der Waals surface area (Å²) in [6, 6.07) is 12.2. The van der Waals surface area contributed by atoms with E-state index in [1.807, 2.05) is 43.3 Å². The minimum Gasteiger partial charge on any atom is -0.378 e. The molecule has 1 atom stereocenters. The van der Waals surface area contributed by atoms with E-state index in [1.165, 1.54) is 6.07 Å². The first-order chi connectivity index (χ1) is 13.2. The van der Waals surface area contributed by atoms with Crippen LogP contribution in [0.5, 0.6) is 0 Å². The van der Waals surface area contributed by atoms with Crippen molar-refractivity contribution in [3.8, 4) is 0 Å². The molecule has 0 aromatic heterocycles. The van der Waals surface area contributed by atoms with Gasteiger partial charge in [0.25, 0.3) is 5.91 Å². The lowest BCUT2D eigenvalue weighted by atomic mass is 10.1. The molecule has 3 rings (SSSR count). The standard InChI is InChI=1S/C20H22Cl2N2O3S/c1-23(2)16-6-3-14(4-7-16)12-24(17-9-10-28(26,27)13-17)20(25)18-8-5-15(21)11-19(18)22/h3-8,11,17H,9-10,12-13H2,1-2H3. The van der Waals surface area contributed by atoms with Gasteiger partial charge in [0.1, 0.15) is 0 Å². The first kappa shape index (κ1) is 21.0. The van der Waals surface area contributed by atoms with E-state index in [-0.39, 0.29) is 28.5 Å². The van der Waals surface area contributed by atoms with E-state index in [1.54, 1.807) is 17.0 Å². The summed E-state index contributed by atoms with van der Waals surface area (Å²) in [6.07, 6.45) is 0.426. The average Bonchev–Trinajstić information content (AvgIpc) is 2.99. The van der Waals surface area contributed by atoms with Crippen molar-refractivity contribution in [2.45, 2.75) is 19.0 Å². The third kappa shape index (κ3) is 4.80. The van der Waals surface area contributed by atoms with Gasteiger partial charge in [-0.3, -0.25) is 4.79 Å². The molecular weight excluding hydrogens is 419 g/mol. The number of sulfone groups is 1. The van der Waals surface area contributed by atoms with Crippen LogP contribution < -0.4 is 4.90 Å². The Hall–Kier alpha value is -1.76. The van der Waals surface area contributed by atoms with Gasteiger partial charge < -0.3 is 9.80 Å². The fraction of sp³-hybridized carbons (Fsp3) is 0.350. The van der Waals surface area contributed by atoms with Gasteiger partial charge in [-0.1, -0.05) is 35.3 Å². The Morgan fingerprint density at radius 2 is 1.79 bits per heavy atom. The zero-order chi connectivity index (χ0) is 20.5. The van der Waals surface area contributed by atoms with Crippen LogP contribution in [-0.4, -0.2) is 50.9 Å². The summed E-state index contributed by atoms with van der Waals surface area (Å²) < 4.78 is 24.0. The predicted molar refractivity (Wildman–Crippen MR) is 114 cm³/mol. The monoisotopic (exact) mass is 440 g/mol. The van der Waals surface area contributed by atoms with Gasteiger partial charge >= 0.3 is 0 Å². The van der Waals surface area contributed by atoms with Crippen LogP contribution in [0.15, 0.2) is 42.5 Å². The number of hydrogen-bond donors (Lipinski definition) is 0. The van der Waals surface area contributed by atoms with Gasteiger partial charge in [-0.05, 0) is 42.3 Å². The predicted octanol–water partition coefficient (Wildman–Crippen LogP) is 3.89. The number of nitrogens with zero attached hydrogens (tertiary/aromatic N) is 2. The zero-order valence-electron chi connectivity index (χ0n) is 15.7. The van der Waals surface area contributed by atoms with Gasteiger partial charge in [-0.2, -0.15) is 0 Å². The highest BCUT2D eigenvalue weighted by molar-refractivity contribution is 7.91. The lowest BCUT2D eigenvalue weighted by Gasteiger charge is -2.29. The molecule has 0 radical (unpaired) electrons. The first-order valence-corrected chi connectivity index (χ1v) is 11.5. The molecule has 0 N–H and O–H groups in total. The maximum atomic E-state index is 13.2. The van der Waals surface area contributed by atoms with Crippen LogP contribution in [0.3, 0.4) is 0 Å². The second kappa shape index (κ2) is 8.31. The minimum absolute atomic E-state index is 0.0280. The van der Waals surface area contributed by atoms with E-state index < -0.39 is 9.84 Å². The van der Waals surface area contributed by atoms with Crippen LogP contribution in [0.25, 0.3) is 0 Å². The Morgan fingerprint density at radius 1 is 1.11 bits per heavy atom. The third-order valence-corrected chi connectivity index (χ3v) is 7.18. The lowest BCUT2D eigenvalue weighted by Crippen LogP contribution is -2.40. The fourth-order valence-corrected chi connectivity index (χ4v) is 5.52. The average molecular weight is 441 g/mol. The summed E-state index contributed by atoms with van der Waals surface area (Å²) in [7, 11) is 0.772. The molecule has 1 saturated heterocycles. The Labute approximate surface area is 175 Å². The Balaban J connectivity index is 1.91. The zero-order valence-corrected chi connectivity index (χ0v) is 18.1. The van der Waals surface area contributed by atoms with E-state index >= 15 is 0 Å². The summed E-state index contributed by atoms with van der Waals surface area (Å²) >= 11 is 12.2. The SMILES string of the molecule is CN(C)c1ccc(CN(C(=O)c2ccc(Cl)cc2Cl)C2CCS(=O)(=O)C2)cc1. The molecule has 1 unspecified atom stereocenters. The number of rotatable bonds is 5. The molecular formula is C20H22Cl2N2O3S. The number of amides is 1. The molecule has 1 fully saturated rings. The Bertz CT molecular complexity index is 975. The van der Waals surface area contributed by atoms with Gasteiger partial charge in [0.05, 0.1) is 22.1 Å². The maximum absolute atomic E-state index is 13.2. The smallest absolute Gasteiger partial charge is 0.255 e. The molecule has 1 aliphatic rings. The number of hydrogen-bond acceptors (Lipinski definition) is 4. The third-order valence-electron chi connectivity index (χ3n) is 4.88. The summed E-state index contributed by atoms with van der Waals surface area (Å²) in [5.74, 6) is -0.227. The molecule has 2 aromatic rings. The second-order valence-electron chi connectivity index (χ2n) is 7.17. The molecule has 1 heterocycles. The quantitative estimate of drug-likeness (QED) is 0.707. The van der Waals surface area contributed by atoms with E-state index in [2.05, 4.69) is 0 Å². The minimum atomic E-state index is -3.14. The van der Waals surface area contributed by atoms with Crippen molar-refractivity contribution in [1.29, 1.82) is 0 Å². The van der Waals surface area contributed by atoms with Crippen molar-refractivity contribution in [2.24, 2.45) is 0 Å². The molecule has 150 valence electrons. The summed E-state index contributed by atoms with van der Waals surface area (Å²) in [5, 5.41) is 0.696. The second-order valence-corrected chi connectivity index (χ2v) is 10.2. The van der Waals surface area contributed by atoms with E-state index in [0.717, 1.165) is 11.3 Å². The fourth-order valence-electron chi connectivity index (χ4n) is 3.30. The number of anilines is 1. The maximum Gasteiger partial charge on any atom is 0.255 e. The largest absolute Gasteiger partial charge is 0.378 e. The van der Waals surface area contributed by atoms with Crippen molar-refractivity contribution < 1.29 is 13.2 Å². The summed E-state index contributed by atoms with van der Waals surface area (Å²) in [4.78, 5) is 16.9. The van der Waals surface area contributed by atoms with Crippen molar-refractivity contribution in [1.82, 2.24) is 4.90 Å². The lowest BCUT2D eigenvalue weighted by molar-refractivity contribution is 0.0681. The molecule has 0 spiro atoms. The molecule has 1 aliphatic heterocycles. The van der Waals surface area contributed by atoms with Crippen LogP contribution in [0.4, 0.5) is 5.69 Å². The topological polar surface area (TPSA) is 57.7 Å². The molecule has 1 amide bonds. The van der Waals surface area contributed by atoms with Gasteiger partial charge in [-0.25, -0.2) is 8.42 Å². The summed E-state index contributed by atoms with van der Waals surface area (Å²) in [6.45, 7) is 0.311. The van der Waals surface area contributed by atoms with Crippen LogP contribution in [0.1, 0.15) is 22.3 Å². The Kier molecular flexibility index (Phi) is 6.22. The van der Waals surface area contributed by atoms with Crippen LogP contribution in [0, 0.1) is 0 Å². The van der Waals surface area contributed by atoms with Crippen molar-refractivity contribution in [2.75, 3.05) is 30.5 Å². The first-order valence-electron chi connectivity index (χ1n) is 8.89. The number of halogens is 2. The molecule has 8 heteroatoms. The van der Waals surface area contributed by atoms with Crippen LogP contribution in [0.2, 0.25) is 10.0 Å². The van der Waals surface area contributed by atoms with Gasteiger partial charge in [0, 0.05) is 37.4 Å². The Morgan fingerprint density at radius 3 is 2.32 bits per heavy atom. The van der Waals surface area contributed by atoms with E-state index in [4.69, 9.17) is 23.2 Å². The molecule has 0 aliphatic carbocycles. The summed E-state index contributed by atoms with van der Waals surface area (Å²) in [5.41, 5.74) is 2.29.